The maximum Gasteiger partial charge on any atom is 0.460 e. The third kappa shape index (κ3) is 3.51. The van der Waals surface area contributed by atoms with E-state index in [1.165, 1.54) is 0 Å². The van der Waals surface area contributed by atoms with Crippen LogP contribution in [0.1, 0.15) is 20.3 Å². The molecule has 0 aromatic carbocycles. The molecule has 152 valence electrons. The third-order valence-electron chi connectivity index (χ3n) is 3.46. The van der Waals surface area contributed by atoms with Gasteiger partial charge < -0.3 is 0 Å². The monoisotopic (exact) mass is 516 g/mol. The van der Waals surface area contributed by atoms with E-state index in [0.717, 1.165) is 29.5 Å². The smallest absolute Gasteiger partial charge is 0.199 e. The first-order valence-electron chi connectivity index (χ1n) is 6.24. The van der Waals surface area contributed by atoms with Gasteiger partial charge in [0.15, 0.2) is 0 Å². The lowest BCUT2D eigenvalue weighted by Crippen LogP contribution is -2.71. The van der Waals surface area contributed by atoms with Crippen LogP contribution >= 0.6 is 22.6 Å². The lowest BCUT2D eigenvalue weighted by Gasteiger charge is -2.42. The van der Waals surface area contributed by atoms with Crippen molar-refractivity contribution in [2.75, 3.05) is 0 Å². The van der Waals surface area contributed by atoms with Crippen molar-refractivity contribution in [3.05, 3.63) is 0 Å². The molecule has 0 aromatic heterocycles. The summed E-state index contributed by atoms with van der Waals surface area (Å²) in [6.07, 6.45) is -7.71. The molecule has 2 unspecified atom stereocenters. The van der Waals surface area contributed by atoms with Crippen molar-refractivity contribution in [1.82, 2.24) is 0 Å². The number of hydrogen-bond donors (Lipinski definition) is 0. The molecule has 0 saturated carbocycles. The Morgan fingerprint density at radius 1 is 0.640 bits per heavy atom. The van der Waals surface area contributed by atoms with Gasteiger partial charge in [0.1, 0.15) is 0 Å². The summed E-state index contributed by atoms with van der Waals surface area (Å²) in [5.41, 5.74) is 0. The van der Waals surface area contributed by atoms with Gasteiger partial charge >= 0.3 is 35.8 Å². The maximum absolute atomic E-state index is 13.6. The highest BCUT2D eigenvalue weighted by molar-refractivity contribution is 14.1. The highest BCUT2D eigenvalue weighted by Crippen LogP contribution is 2.61. The molecule has 0 amide bonds. The molecular weight excluding hydrogens is 506 g/mol. The van der Waals surface area contributed by atoms with Gasteiger partial charge in [0, 0.05) is 9.84 Å². The van der Waals surface area contributed by atoms with Crippen molar-refractivity contribution in [2.24, 2.45) is 5.92 Å². The first-order valence-corrected chi connectivity index (χ1v) is 7.49. The molecule has 0 heterocycles. The fraction of sp³-hybridized carbons (Fsp3) is 1.00. The summed E-state index contributed by atoms with van der Waals surface area (Å²) in [5.74, 6) is -39.2. The Balaban J connectivity index is 6.30. The summed E-state index contributed by atoms with van der Waals surface area (Å²) in [6, 6.07) is 0. The SMILES string of the molecule is CCC(I)C(C)C(F)(F)C(F)(F)C(F)(F)C(F)(F)C(F)(F)C(F)(F)F. The van der Waals surface area contributed by atoms with Crippen molar-refractivity contribution in [2.45, 2.75) is 60.0 Å². The van der Waals surface area contributed by atoms with E-state index in [-0.39, 0.29) is 13.3 Å². The Morgan fingerprint density at radius 3 is 1.24 bits per heavy atom. The van der Waals surface area contributed by atoms with Crippen molar-refractivity contribution >= 4 is 22.6 Å². The fourth-order valence-electron chi connectivity index (χ4n) is 1.65. The molecule has 0 aliphatic rings. The van der Waals surface area contributed by atoms with E-state index in [1.54, 1.807) is 0 Å². The molecule has 0 bridgehead atoms. The normalized spacial score (nSPS) is 18.2. The second-order valence-electron chi connectivity index (χ2n) is 5.13. The van der Waals surface area contributed by atoms with E-state index < -0.39 is 45.6 Å². The van der Waals surface area contributed by atoms with Gasteiger partial charge in [0.25, 0.3) is 0 Å². The van der Waals surface area contributed by atoms with Crippen molar-refractivity contribution in [3.8, 4) is 0 Å². The highest BCUT2D eigenvalue weighted by Gasteiger charge is 2.91. The first-order chi connectivity index (χ1) is 10.6. The number of rotatable bonds is 7. The largest absolute Gasteiger partial charge is 0.460 e. The Kier molecular flexibility index (Phi) is 6.72. The van der Waals surface area contributed by atoms with Gasteiger partial charge in [-0.05, 0) is 6.42 Å². The van der Waals surface area contributed by atoms with Crippen molar-refractivity contribution in [1.29, 1.82) is 0 Å². The van der Waals surface area contributed by atoms with Crippen molar-refractivity contribution in [3.63, 3.8) is 0 Å². The van der Waals surface area contributed by atoms with E-state index in [4.69, 9.17) is 0 Å². The lowest BCUT2D eigenvalue weighted by molar-refractivity contribution is -0.442. The molecule has 0 aliphatic heterocycles. The zero-order valence-corrected chi connectivity index (χ0v) is 14.3. The van der Waals surface area contributed by atoms with Crippen LogP contribution in [0.5, 0.6) is 0 Å². The van der Waals surface area contributed by atoms with Gasteiger partial charge in [0.05, 0.1) is 0 Å². The molecule has 25 heavy (non-hydrogen) atoms. The Bertz CT molecular complexity index is 467. The molecule has 14 heteroatoms. The summed E-state index contributed by atoms with van der Waals surface area (Å²) in [7, 11) is 0. The van der Waals surface area contributed by atoms with Gasteiger partial charge in [0.2, 0.25) is 0 Å². The molecule has 0 fully saturated rings. The quantitative estimate of drug-likeness (QED) is 0.204. The van der Waals surface area contributed by atoms with Crippen LogP contribution in [-0.4, -0.2) is 39.7 Å². The average Bonchev–Trinajstić information content (AvgIpc) is 2.43. The van der Waals surface area contributed by atoms with Crippen LogP contribution in [0, 0.1) is 5.92 Å². The molecule has 0 radical (unpaired) electrons. The van der Waals surface area contributed by atoms with E-state index >= 15 is 0 Å². The maximum atomic E-state index is 13.6. The van der Waals surface area contributed by atoms with Crippen LogP contribution in [0.25, 0.3) is 0 Å². The van der Waals surface area contributed by atoms with E-state index in [1.807, 2.05) is 0 Å². The number of hydrogen-bond acceptors (Lipinski definition) is 0. The average molecular weight is 516 g/mol. The molecule has 0 aliphatic carbocycles. The molecule has 0 saturated heterocycles. The van der Waals surface area contributed by atoms with Crippen LogP contribution in [0.4, 0.5) is 57.1 Å². The molecule has 0 nitrogen and oxygen atoms in total. The zero-order chi connectivity index (χ0) is 20.9. The second kappa shape index (κ2) is 6.77. The number of alkyl halides is 14. The number of halogens is 14. The summed E-state index contributed by atoms with van der Waals surface area (Å²) < 4.78 is 166. The van der Waals surface area contributed by atoms with Gasteiger partial charge in [-0.15, -0.1) is 0 Å². The predicted octanol–water partition coefficient (Wildman–Crippen LogP) is 6.57. The standard InChI is InChI=1S/C11H10F13I/c1-3-5(25)4(2)6(12,13)7(14,15)8(16,17)9(18,19)10(20,21)11(22,23)24/h4-5H,3H2,1-2H3. The van der Waals surface area contributed by atoms with Crippen LogP contribution < -0.4 is 0 Å². The molecular formula is C11H10F13I. The van der Waals surface area contributed by atoms with Crippen LogP contribution in [-0.2, 0) is 0 Å². The minimum atomic E-state index is -7.84. The van der Waals surface area contributed by atoms with Crippen molar-refractivity contribution < 1.29 is 57.1 Å². The molecule has 0 aromatic rings. The van der Waals surface area contributed by atoms with Gasteiger partial charge in [-0.25, -0.2) is 0 Å². The molecule has 0 spiro atoms. The van der Waals surface area contributed by atoms with Crippen LogP contribution in [0.3, 0.4) is 0 Å². The molecule has 2 atom stereocenters. The van der Waals surface area contributed by atoms with E-state index in [9.17, 15) is 57.1 Å². The second-order valence-corrected chi connectivity index (χ2v) is 6.73. The zero-order valence-electron chi connectivity index (χ0n) is 12.2. The molecule has 0 N–H and O–H groups in total. The fourth-order valence-corrected chi connectivity index (χ4v) is 2.10. The van der Waals surface area contributed by atoms with Crippen LogP contribution in [0.15, 0.2) is 0 Å². The lowest BCUT2D eigenvalue weighted by atomic mass is 9.86. The first kappa shape index (κ1) is 24.8. The Hall–Kier alpha value is -0.180. The summed E-state index contributed by atoms with van der Waals surface area (Å²) >= 11 is 1.10. The van der Waals surface area contributed by atoms with E-state index in [2.05, 4.69) is 0 Å². The molecule has 0 rings (SSSR count). The summed E-state index contributed by atoms with van der Waals surface area (Å²) in [6.45, 7) is 1.40. The Morgan fingerprint density at radius 2 is 0.960 bits per heavy atom. The van der Waals surface area contributed by atoms with Gasteiger partial charge in [-0.3, -0.25) is 0 Å². The third-order valence-corrected chi connectivity index (χ3v) is 5.42. The van der Waals surface area contributed by atoms with E-state index in [0.29, 0.717) is 0 Å². The Labute approximate surface area is 146 Å². The summed E-state index contributed by atoms with van der Waals surface area (Å²) in [5, 5.41) is 0. The topological polar surface area (TPSA) is 0 Å². The predicted molar refractivity (Wildman–Crippen MR) is 68.1 cm³/mol. The van der Waals surface area contributed by atoms with Crippen LogP contribution in [0.2, 0.25) is 0 Å². The van der Waals surface area contributed by atoms with Gasteiger partial charge in [-0.1, -0.05) is 36.4 Å². The minimum absolute atomic E-state index is 0.255. The summed E-state index contributed by atoms with van der Waals surface area (Å²) in [4.78, 5) is 0. The van der Waals surface area contributed by atoms with Gasteiger partial charge in [-0.2, -0.15) is 57.1 Å². The minimum Gasteiger partial charge on any atom is -0.199 e. The highest BCUT2D eigenvalue weighted by atomic mass is 127.